The predicted molar refractivity (Wildman–Crippen MR) is 158 cm³/mol. The zero-order valence-electron chi connectivity index (χ0n) is 25.3. The van der Waals surface area contributed by atoms with E-state index in [2.05, 4.69) is 6.92 Å². The van der Waals surface area contributed by atoms with E-state index in [1.807, 2.05) is 60.7 Å². The summed E-state index contributed by atoms with van der Waals surface area (Å²) < 4.78 is 16.6. The second-order valence-electron chi connectivity index (χ2n) is 11.6. The molecule has 0 saturated carbocycles. The van der Waals surface area contributed by atoms with Crippen molar-refractivity contribution in [2.45, 2.75) is 84.7 Å². The molecule has 1 heterocycles. The van der Waals surface area contributed by atoms with Gasteiger partial charge >= 0.3 is 18.0 Å². The molecular weight excluding hydrogens is 536 g/mol. The van der Waals surface area contributed by atoms with Crippen molar-refractivity contribution in [2.75, 3.05) is 19.6 Å². The van der Waals surface area contributed by atoms with Crippen LogP contribution < -0.4 is 0 Å². The monoisotopic (exact) mass is 580 g/mol. The molecule has 0 unspecified atom stereocenters. The molecule has 1 saturated heterocycles. The second-order valence-corrected chi connectivity index (χ2v) is 11.6. The number of piperazine rings is 1. The molecule has 0 bridgehead atoms. The molecule has 1 aliphatic heterocycles. The lowest BCUT2D eigenvalue weighted by Gasteiger charge is -2.41. The van der Waals surface area contributed by atoms with Crippen molar-refractivity contribution in [3.05, 3.63) is 71.8 Å². The molecule has 1 fully saturated rings. The van der Waals surface area contributed by atoms with Gasteiger partial charge in [-0.05, 0) is 38.3 Å². The minimum absolute atomic E-state index is 0.0408. The zero-order valence-corrected chi connectivity index (χ0v) is 25.3. The Hall–Kier alpha value is -3.88. The van der Waals surface area contributed by atoms with Crippen molar-refractivity contribution in [3.63, 3.8) is 0 Å². The summed E-state index contributed by atoms with van der Waals surface area (Å²) in [6.07, 6.45) is 2.54. The molecule has 0 spiro atoms. The van der Waals surface area contributed by atoms with Crippen LogP contribution in [0.3, 0.4) is 0 Å². The Balaban J connectivity index is 1.72. The third-order valence-corrected chi connectivity index (χ3v) is 6.98. The Labute approximate surface area is 249 Å². The highest BCUT2D eigenvalue weighted by Gasteiger charge is 2.41. The minimum Gasteiger partial charge on any atom is -0.461 e. The molecule has 42 heavy (non-hydrogen) atoms. The number of hydrogen-bond acceptors (Lipinski definition) is 7. The Bertz CT molecular complexity index is 1160. The van der Waals surface area contributed by atoms with Crippen LogP contribution in [0, 0.1) is 5.92 Å². The quantitative estimate of drug-likeness (QED) is 0.185. The highest BCUT2D eigenvalue weighted by Crippen LogP contribution is 2.23. The Morgan fingerprint density at radius 1 is 0.857 bits per heavy atom. The lowest BCUT2D eigenvalue weighted by molar-refractivity contribution is -0.157. The predicted octanol–water partition coefficient (Wildman–Crippen LogP) is 5.51. The molecule has 228 valence electrons. The van der Waals surface area contributed by atoms with Gasteiger partial charge in [-0.2, -0.15) is 0 Å². The minimum atomic E-state index is -1.04. The van der Waals surface area contributed by atoms with E-state index in [0.717, 1.165) is 30.4 Å². The fraction of sp³-hybridized carbons (Fsp3) is 0.515. The molecule has 9 heteroatoms. The summed E-state index contributed by atoms with van der Waals surface area (Å²) in [4.78, 5) is 55.8. The average Bonchev–Trinajstić information content (AvgIpc) is 2.98. The summed E-state index contributed by atoms with van der Waals surface area (Å²) in [6, 6.07) is 17.6. The van der Waals surface area contributed by atoms with Gasteiger partial charge in [0, 0.05) is 19.0 Å². The molecule has 3 rings (SSSR count). The SMILES string of the molecule is CCCCC[C@@H](CC(=O)OCc1ccccc1)C(=O)N1CCN(C(=O)OC(C)(C)C)[C@H](C(=O)OCc2ccccc2)C1. The average molecular weight is 581 g/mol. The van der Waals surface area contributed by atoms with Crippen LogP contribution in [0.4, 0.5) is 4.79 Å². The zero-order chi connectivity index (χ0) is 30.5. The molecule has 2 aromatic rings. The molecule has 2 amide bonds. The number of esters is 2. The van der Waals surface area contributed by atoms with Gasteiger partial charge < -0.3 is 19.1 Å². The standard InChI is InChI=1S/C33H44N2O7/c1-5-6-9-18-27(21-29(36)40-23-25-14-10-7-11-15-25)30(37)34-19-20-35(32(39)42-33(2,3)4)28(22-34)31(38)41-24-26-16-12-8-13-17-26/h7-8,10-17,27-28H,5-6,9,18-24H2,1-4H3/t27-,28-/m0/s1. The maximum atomic E-state index is 13.8. The highest BCUT2D eigenvalue weighted by atomic mass is 16.6. The molecule has 0 radical (unpaired) electrons. The van der Waals surface area contributed by atoms with Gasteiger partial charge in [0.1, 0.15) is 18.8 Å². The summed E-state index contributed by atoms with van der Waals surface area (Å²) in [6.45, 7) is 7.79. The normalized spacial score (nSPS) is 16.0. The van der Waals surface area contributed by atoms with Crippen LogP contribution in [0.2, 0.25) is 0 Å². The molecule has 2 aromatic carbocycles. The number of nitrogens with zero attached hydrogens (tertiary/aromatic N) is 2. The fourth-order valence-corrected chi connectivity index (χ4v) is 4.76. The summed E-state index contributed by atoms with van der Waals surface area (Å²) in [5.41, 5.74) is 0.922. The van der Waals surface area contributed by atoms with Crippen LogP contribution in [0.5, 0.6) is 0 Å². The van der Waals surface area contributed by atoms with Crippen molar-refractivity contribution in [1.82, 2.24) is 9.80 Å². The van der Waals surface area contributed by atoms with Crippen LogP contribution in [-0.2, 0) is 41.8 Å². The topological polar surface area (TPSA) is 102 Å². The summed E-state index contributed by atoms with van der Waals surface area (Å²) >= 11 is 0. The smallest absolute Gasteiger partial charge is 0.411 e. The van der Waals surface area contributed by atoms with Gasteiger partial charge in [-0.1, -0.05) is 86.8 Å². The van der Waals surface area contributed by atoms with Crippen molar-refractivity contribution < 1.29 is 33.4 Å². The van der Waals surface area contributed by atoms with E-state index in [-0.39, 0.29) is 45.2 Å². The van der Waals surface area contributed by atoms with E-state index in [1.165, 1.54) is 4.90 Å². The Morgan fingerprint density at radius 2 is 1.45 bits per heavy atom. The first-order chi connectivity index (χ1) is 20.1. The first-order valence-corrected chi connectivity index (χ1v) is 14.8. The van der Waals surface area contributed by atoms with Gasteiger partial charge in [0.25, 0.3) is 0 Å². The number of amides is 2. The lowest BCUT2D eigenvalue weighted by Crippen LogP contribution is -2.61. The first-order valence-electron chi connectivity index (χ1n) is 14.8. The summed E-state index contributed by atoms with van der Waals surface area (Å²) in [5.74, 6) is -1.88. The molecule has 2 atom stereocenters. The number of unbranched alkanes of at least 4 members (excludes halogenated alkanes) is 2. The van der Waals surface area contributed by atoms with E-state index in [9.17, 15) is 19.2 Å². The number of ether oxygens (including phenoxy) is 3. The molecule has 1 aliphatic rings. The molecule has 0 aromatic heterocycles. The van der Waals surface area contributed by atoms with E-state index in [0.29, 0.717) is 6.42 Å². The third-order valence-electron chi connectivity index (χ3n) is 6.98. The van der Waals surface area contributed by atoms with Gasteiger partial charge in [-0.3, -0.25) is 14.5 Å². The summed E-state index contributed by atoms with van der Waals surface area (Å²) in [5, 5.41) is 0. The molecule has 9 nitrogen and oxygen atoms in total. The summed E-state index contributed by atoms with van der Waals surface area (Å²) in [7, 11) is 0. The maximum Gasteiger partial charge on any atom is 0.411 e. The number of carbonyl (C=O) groups excluding carboxylic acids is 4. The van der Waals surface area contributed by atoms with E-state index in [4.69, 9.17) is 14.2 Å². The van der Waals surface area contributed by atoms with Crippen molar-refractivity contribution in [3.8, 4) is 0 Å². The lowest BCUT2D eigenvalue weighted by atomic mass is 9.95. The Kier molecular flexibility index (Phi) is 12.4. The number of hydrogen-bond donors (Lipinski definition) is 0. The fourth-order valence-electron chi connectivity index (χ4n) is 4.76. The largest absolute Gasteiger partial charge is 0.461 e. The van der Waals surface area contributed by atoms with Crippen LogP contribution in [0.25, 0.3) is 0 Å². The van der Waals surface area contributed by atoms with Crippen molar-refractivity contribution in [2.24, 2.45) is 5.92 Å². The van der Waals surface area contributed by atoms with E-state index in [1.54, 1.807) is 25.7 Å². The van der Waals surface area contributed by atoms with Gasteiger partial charge in [0.15, 0.2) is 6.04 Å². The number of rotatable bonds is 12. The van der Waals surface area contributed by atoms with Gasteiger partial charge in [0.2, 0.25) is 5.91 Å². The molecule has 0 N–H and O–H groups in total. The van der Waals surface area contributed by atoms with Crippen molar-refractivity contribution in [1.29, 1.82) is 0 Å². The Morgan fingerprint density at radius 3 is 2.02 bits per heavy atom. The van der Waals surface area contributed by atoms with E-state index < -0.39 is 35.6 Å². The third kappa shape index (κ3) is 10.5. The second kappa shape index (κ2) is 15.9. The van der Waals surface area contributed by atoms with Crippen LogP contribution in [-0.4, -0.2) is 65.0 Å². The highest BCUT2D eigenvalue weighted by molar-refractivity contribution is 5.86. The van der Waals surface area contributed by atoms with Gasteiger partial charge in [-0.15, -0.1) is 0 Å². The number of benzene rings is 2. The van der Waals surface area contributed by atoms with Crippen LogP contribution in [0.15, 0.2) is 60.7 Å². The molecular formula is C33H44N2O7. The first kappa shape index (κ1) is 32.6. The van der Waals surface area contributed by atoms with Crippen LogP contribution in [0.1, 0.15) is 70.9 Å². The van der Waals surface area contributed by atoms with Gasteiger partial charge in [0.05, 0.1) is 13.0 Å². The number of carbonyl (C=O) groups is 4. The van der Waals surface area contributed by atoms with Crippen molar-refractivity contribution >= 4 is 23.9 Å². The maximum absolute atomic E-state index is 13.8. The van der Waals surface area contributed by atoms with Crippen LogP contribution >= 0.6 is 0 Å². The van der Waals surface area contributed by atoms with Gasteiger partial charge in [-0.25, -0.2) is 9.59 Å². The van der Waals surface area contributed by atoms with E-state index >= 15 is 0 Å². The molecule has 0 aliphatic carbocycles.